The number of nitrogens with zero attached hydrogens (tertiary/aromatic N) is 3. The van der Waals surface area contributed by atoms with Crippen LogP contribution in [0.4, 0.5) is 0 Å². The molecule has 3 rings (SSSR count). The Kier molecular flexibility index (Phi) is 5.71. The van der Waals surface area contributed by atoms with Gasteiger partial charge in [-0.2, -0.15) is 0 Å². The minimum Gasteiger partial charge on any atom is -0.448 e. The molecular formula is C20H25N3O3. The Hall–Kier alpha value is -2.63. The van der Waals surface area contributed by atoms with Gasteiger partial charge in [-0.1, -0.05) is 44.2 Å². The molecule has 0 aliphatic carbocycles. The highest BCUT2D eigenvalue weighted by atomic mass is 16.3. The fourth-order valence-electron chi connectivity index (χ4n) is 3.40. The third-order valence-corrected chi connectivity index (χ3v) is 4.91. The van der Waals surface area contributed by atoms with Crippen molar-refractivity contribution in [2.75, 3.05) is 13.1 Å². The molecule has 1 saturated heterocycles. The van der Waals surface area contributed by atoms with Crippen molar-refractivity contribution >= 4 is 11.8 Å². The Balaban J connectivity index is 1.79. The van der Waals surface area contributed by atoms with Crippen LogP contribution in [0.25, 0.3) is 0 Å². The SMILES string of the molecule is CCc1ocnc1C(=O)N1CCC(=O)N(Cc2ccccc2)C(CC)C1. The van der Waals surface area contributed by atoms with Crippen LogP contribution in [0.2, 0.25) is 0 Å². The lowest BCUT2D eigenvalue weighted by atomic mass is 10.1. The number of carbonyl (C=O) groups excluding carboxylic acids is 2. The molecule has 138 valence electrons. The van der Waals surface area contributed by atoms with Gasteiger partial charge in [-0.05, 0) is 12.0 Å². The fourth-order valence-corrected chi connectivity index (χ4v) is 3.40. The number of rotatable bonds is 5. The second-order valence-electron chi connectivity index (χ2n) is 6.55. The minimum absolute atomic E-state index is 0.00821. The van der Waals surface area contributed by atoms with Gasteiger partial charge in [-0.3, -0.25) is 9.59 Å². The van der Waals surface area contributed by atoms with Crippen LogP contribution in [0, 0.1) is 0 Å². The molecule has 6 heteroatoms. The van der Waals surface area contributed by atoms with E-state index in [0.717, 1.165) is 12.0 Å². The third-order valence-electron chi connectivity index (χ3n) is 4.91. The fraction of sp³-hybridized carbons (Fsp3) is 0.450. The number of benzene rings is 1. The van der Waals surface area contributed by atoms with E-state index < -0.39 is 0 Å². The smallest absolute Gasteiger partial charge is 0.276 e. The summed E-state index contributed by atoms with van der Waals surface area (Å²) in [6.45, 7) is 5.49. The number of hydrogen-bond donors (Lipinski definition) is 0. The predicted octanol–water partition coefficient (Wildman–Crippen LogP) is 2.89. The van der Waals surface area contributed by atoms with Gasteiger partial charge in [0.1, 0.15) is 5.76 Å². The van der Waals surface area contributed by atoms with E-state index in [-0.39, 0.29) is 17.9 Å². The van der Waals surface area contributed by atoms with Crippen molar-refractivity contribution in [1.29, 1.82) is 0 Å². The summed E-state index contributed by atoms with van der Waals surface area (Å²) in [5.74, 6) is 0.537. The molecule has 1 unspecified atom stereocenters. The largest absolute Gasteiger partial charge is 0.448 e. The molecule has 2 aromatic rings. The Morgan fingerprint density at radius 3 is 2.73 bits per heavy atom. The zero-order valence-electron chi connectivity index (χ0n) is 15.4. The quantitative estimate of drug-likeness (QED) is 0.827. The van der Waals surface area contributed by atoms with Gasteiger partial charge in [-0.15, -0.1) is 0 Å². The van der Waals surface area contributed by atoms with E-state index in [0.29, 0.717) is 43.9 Å². The van der Waals surface area contributed by atoms with Gasteiger partial charge in [0.15, 0.2) is 12.1 Å². The van der Waals surface area contributed by atoms with Gasteiger partial charge in [0, 0.05) is 38.5 Å². The average molecular weight is 355 g/mol. The third kappa shape index (κ3) is 3.79. The Bertz CT molecular complexity index is 757. The summed E-state index contributed by atoms with van der Waals surface area (Å²) in [4.78, 5) is 33.4. The van der Waals surface area contributed by atoms with E-state index in [1.54, 1.807) is 4.90 Å². The first-order valence-electron chi connectivity index (χ1n) is 9.19. The van der Waals surface area contributed by atoms with Crippen molar-refractivity contribution in [3.63, 3.8) is 0 Å². The molecule has 6 nitrogen and oxygen atoms in total. The molecule has 1 aliphatic heterocycles. The molecule has 1 aromatic heterocycles. The lowest BCUT2D eigenvalue weighted by Gasteiger charge is -2.31. The summed E-state index contributed by atoms with van der Waals surface area (Å²) >= 11 is 0. The van der Waals surface area contributed by atoms with Gasteiger partial charge < -0.3 is 14.2 Å². The van der Waals surface area contributed by atoms with Gasteiger partial charge in [0.05, 0.1) is 0 Å². The minimum atomic E-state index is -0.150. The van der Waals surface area contributed by atoms with Crippen LogP contribution in [0.1, 0.15) is 48.5 Å². The summed E-state index contributed by atoms with van der Waals surface area (Å²) in [7, 11) is 0. The summed E-state index contributed by atoms with van der Waals surface area (Å²) < 4.78 is 5.30. The molecule has 0 saturated carbocycles. The van der Waals surface area contributed by atoms with Gasteiger partial charge in [-0.25, -0.2) is 4.98 Å². The monoisotopic (exact) mass is 355 g/mol. The van der Waals surface area contributed by atoms with Crippen LogP contribution in [0.3, 0.4) is 0 Å². The molecular weight excluding hydrogens is 330 g/mol. The predicted molar refractivity (Wildman–Crippen MR) is 97.5 cm³/mol. The Morgan fingerprint density at radius 2 is 2.04 bits per heavy atom. The maximum absolute atomic E-state index is 12.9. The van der Waals surface area contributed by atoms with Crippen molar-refractivity contribution in [2.24, 2.45) is 0 Å². The van der Waals surface area contributed by atoms with Gasteiger partial charge in [0.2, 0.25) is 5.91 Å². The highest BCUT2D eigenvalue weighted by molar-refractivity contribution is 5.93. The molecule has 1 fully saturated rings. The first-order valence-corrected chi connectivity index (χ1v) is 9.19. The van der Waals surface area contributed by atoms with Crippen LogP contribution in [0.5, 0.6) is 0 Å². The second kappa shape index (κ2) is 8.17. The molecule has 0 bridgehead atoms. The summed E-state index contributed by atoms with van der Waals surface area (Å²) in [6.07, 6.45) is 3.05. The van der Waals surface area contributed by atoms with E-state index in [1.807, 2.05) is 42.2 Å². The molecule has 2 amide bonds. The maximum Gasteiger partial charge on any atom is 0.276 e. The molecule has 0 radical (unpaired) electrons. The van der Waals surface area contributed by atoms with Crippen LogP contribution in [-0.2, 0) is 17.8 Å². The average Bonchev–Trinajstić information content (AvgIpc) is 3.09. The molecule has 26 heavy (non-hydrogen) atoms. The standard InChI is InChI=1S/C20H25N3O3/c1-3-16-13-22(20(25)19-17(4-2)26-14-21-19)11-10-18(24)23(16)12-15-8-6-5-7-9-15/h5-9,14,16H,3-4,10-13H2,1-2H3. The van der Waals surface area contributed by atoms with Crippen LogP contribution < -0.4 is 0 Å². The zero-order chi connectivity index (χ0) is 18.5. The lowest BCUT2D eigenvalue weighted by molar-refractivity contribution is -0.133. The Labute approximate surface area is 153 Å². The van der Waals surface area contributed by atoms with E-state index in [2.05, 4.69) is 11.9 Å². The second-order valence-corrected chi connectivity index (χ2v) is 6.55. The number of oxazole rings is 1. The van der Waals surface area contributed by atoms with E-state index in [1.165, 1.54) is 6.39 Å². The highest BCUT2D eigenvalue weighted by Gasteiger charge is 2.32. The molecule has 2 heterocycles. The van der Waals surface area contributed by atoms with Crippen molar-refractivity contribution in [3.8, 4) is 0 Å². The highest BCUT2D eigenvalue weighted by Crippen LogP contribution is 2.20. The first-order chi connectivity index (χ1) is 12.6. The topological polar surface area (TPSA) is 66.7 Å². The summed E-state index contributed by atoms with van der Waals surface area (Å²) in [6, 6.07) is 9.96. The summed E-state index contributed by atoms with van der Waals surface area (Å²) in [5.41, 5.74) is 1.47. The van der Waals surface area contributed by atoms with Crippen molar-refractivity contribution in [2.45, 2.75) is 45.7 Å². The molecule has 0 spiro atoms. The summed E-state index contributed by atoms with van der Waals surface area (Å²) in [5, 5.41) is 0. The molecule has 0 N–H and O–H groups in total. The van der Waals surface area contributed by atoms with Crippen molar-refractivity contribution in [1.82, 2.24) is 14.8 Å². The number of carbonyl (C=O) groups is 2. The van der Waals surface area contributed by atoms with Crippen LogP contribution >= 0.6 is 0 Å². The van der Waals surface area contributed by atoms with E-state index >= 15 is 0 Å². The van der Waals surface area contributed by atoms with Crippen LogP contribution in [0.15, 0.2) is 41.1 Å². The normalized spacial score (nSPS) is 18.1. The molecule has 1 atom stereocenters. The van der Waals surface area contributed by atoms with Crippen molar-refractivity contribution < 1.29 is 14.0 Å². The van der Waals surface area contributed by atoms with Gasteiger partial charge in [0.25, 0.3) is 5.91 Å². The van der Waals surface area contributed by atoms with E-state index in [4.69, 9.17) is 4.42 Å². The van der Waals surface area contributed by atoms with Gasteiger partial charge >= 0.3 is 0 Å². The lowest BCUT2D eigenvalue weighted by Crippen LogP contribution is -2.44. The maximum atomic E-state index is 12.9. The van der Waals surface area contributed by atoms with Crippen LogP contribution in [-0.4, -0.2) is 45.7 Å². The number of aryl methyl sites for hydroxylation is 1. The van der Waals surface area contributed by atoms with E-state index in [9.17, 15) is 9.59 Å². The molecule has 1 aromatic carbocycles. The Morgan fingerprint density at radius 1 is 1.27 bits per heavy atom. The first kappa shape index (κ1) is 18.2. The number of aromatic nitrogens is 1. The van der Waals surface area contributed by atoms with Crippen molar-refractivity contribution in [3.05, 3.63) is 53.7 Å². The number of hydrogen-bond acceptors (Lipinski definition) is 4. The molecule has 1 aliphatic rings. The zero-order valence-corrected chi connectivity index (χ0v) is 15.4. The number of amides is 2.